The fraction of sp³-hybridized carbons (Fsp3) is 0.625. The second-order valence-electron chi connectivity index (χ2n) is 5.94. The summed E-state index contributed by atoms with van der Waals surface area (Å²) in [6, 6.07) is 9.15. The molecule has 0 amide bonds. The molecule has 0 atom stereocenters. The molecule has 0 spiro atoms. The molecule has 0 aromatic heterocycles. The Morgan fingerprint density at radius 2 is 1.82 bits per heavy atom. The van der Waals surface area contributed by atoms with E-state index in [2.05, 4.69) is 45.0 Å². The predicted molar refractivity (Wildman–Crippen MR) is 74.3 cm³/mol. The highest BCUT2D eigenvalue weighted by Gasteiger charge is 2.43. The predicted octanol–water partition coefficient (Wildman–Crippen LogP) is 3.83. The van der Waals surface area contributed by atoms with Crippen molar-refractivity contribution in [3.8, 4) is 0 Å². The molecule has 0 aliphatic heterocycles. The van der Waals surface area contributed by atoms with Crippen molar-refractivity contribution in [2.24, 2.45) is 11.7 Å². The molecule has 0 unspecified atom stereocenters. The summed E-state index contributed by atoms with van der Waals surface area (Å²) in [5.41, 5.74) is 9.18. The van der Waals surface area contributed by atoms with Gasteiger partial charge in [-0.2, -0.15) is 0 Å². The van der Waals surface area contributed by atoms with Gasteiger partial charge in [-0.3, -0.25) is 0 Å². The van der Waals surface area contributed by atoms with Crippen LogP contribution in [0.2, 0.25) is 0 Å². The lowest BCUT2D eigenvalue weighted by Gasteiger charge is -2.47. The molecular weight excluding hydrogens is 206 g/mol. The Kier molecular flexibility index (Phi) is 3.58. The van der Waals surface area contributed by atoms with Gasteiger partial charge in [0.25, 0.3) is 0 Å². The van der Waals surface area contributed by atoms with Crippen molar-refractivity contribution < 1.29 is 0 Å². The lowest BCUT2D eigenvalue weighted by Crippen LogP contribution is -2.46. The van der Waals surface area contributed by atoms with Crippen LogP contribution < -0.4 is 5.73 Å². The number of hydrogen-bond acceptors (Lipinski definition) is 1. The molecule has 1 heteroatoms. The van der Waals surface area contributed by atoms with Crippen LogP contribution in [0.1, 0.15) is 57.1 Å². The Bertz CT molecular complexity index is 358. The molecule has 1 saturated carbocycles. The van der Waals surface area contributed by atoms with Crippen molar-refractivity contribution in [3.05, 3.63) is 35.4 Å². The Hall–Kier alpha value is -0.820. The summed E-state index contributed by atoms with van der Waals surface area (Å²) in [6.07, 6.45) is 3.86. The van der Waals surface area contributed by atoms with Crippen molar-refractivity contribution in [1.82, 2.24) is 0 Å². The maximum absolute atomic E-state index is 6.02. The van der Waals surface area contributed by atoms with Gasteiger partial charge in [-0.25, -0.2) is 0 Å². The minimum Gasteiger partial charge on any atom is -0.330 e. The molecule has 0 saturated heterocycles. The molecular formula is C16H25N. The first-order valence-corrected chi connectivity index (χ1v) is 6.92. The molecule has 1 aliphatic carbocycles. The average molecular weight is 231 g/mol. The topological polar surface area (TPSA) is 26.0 Å². The minimum atomic E-state index is 0.288. The van der Waals surface area contributed by atoms with E-state index in [9.17, 15) is 0 Å². The fourth-order valence-electron chi connectivity index (χ4n) is 3.08. The van der Waals surface area contributed by atoms with Crippen LogP contribution in [0.4, 0.5) is 0 Å². The van der Waals surface area contributed by atoms with Crippen LogP contribution in [0.5, 0.6) is 0 Å². The molecule has 1 nitrogen and oxygen atoms in total. The quantitative estimate of drug-likeness (QED) is 0.837. The van der Waals surface area contributed by atoms with Gasteiger partial charge < -0.3 is 5.73 Å². The molecule has 1 aromatic rings. The highest BCUT2D eigenvalue weighted by atomic mass is 14.6. The Morgan fingerprint density at radius 3 is 2.24 bits per heavy atom. The van der Waals surface area contributed by atoms with Crippen LogP contribution in [0.3, 0.4) is 0 Å². The van der Waals surface area contributed by atoms with E-state index in [1.54, 1.807) is 0 Å². The van der Waals surface area contributed by atoms with Gasteiger partial charge in [-0.1, -0.05) is 51.5 Å². The van der Waals surface area contributed by atoms with Gasteiger partial charge in [-0.15, -0.1) is 0 Å². The van der Waals surface area contributed by atoms with E-state index < -0.39 is 0 Å². The fourth-order valence-corrected chi connectivity index (χ4v) is 3.08. The third kappa shape index (κ3) is 2.26. The summed E-state index contributed by atoms with van der Waals surface area (Å²) in [5, 5.41) is 0. The second kappa shape index (κ2) is 4.81. The van der Waals surface area contributed by atoms with Gasteiger partial charge in [0.05, 0.1) is 0 Å². The zero-order valence-electron chi connectivity index (χ0n) is 11.4. The van der Waals surface area contributed by atoms with Gasteiger partial charge in [0.1, 0.15) is 0 Å². The number of rotatable bonds is 4. The first kappa shape index (κ1) is 12.6. The molecule has 2 rings (SSSR count). The zero-order valence-corrected chi connectivity index (χ0v) is 11.4. The van der Waals surface area contributed by atoms with Crippen molar-refractivity contribution in [2.75, 3.05) is 6.54 Å². The molecule has 1 fully saturated rings. The molecule has 0 radical (unpaired) electrons. The number of hydrogen-bond donors (Lipinski definition) is 1. The summed E-state index contributed by atoms with van der Waals surface area (Å²) >= 11 is 0. The first-order valence-electron chi connectivity index (χ1n) is 6.92. The van der Waals surface area contributed by atoms with E-state index in [1.165, 1.54) is 30.4 Å². The standard InChI is InChI=1S/C16H25N/c1-4-13-9-16(10-13,11-17)15-7-5-14(6-8-15)12(2)3/h5-8,12-13H,4,9-11,17H2,1-3H3. The molecule has 0 heterocycles. The SMILES string of the molecule is CCC1CC(CN)(c2ccc(C(C)C)cc2)C1. The normalized spacial score (nSPS) is 28.2. The summed E-state index contributed by atoms with van der Waals surface area (Å²) in [6.45, 7) is 7.56. The maximum Gasteiger partial charge on any atom is 0.00808 e. The molecule has 17 heavy (non-hydrogen) atoms. The van der Waals surface area contributed by atoms with Crippen LogP contribution in [0.25, 0.3) is 0 Å². The van der Waals surface area contributed by atoms with Crippen molar-refractivity contribution in [1.29, 1.82) is 0 Å². The van der Waals surface area contributed by atoms with E-state index >= 15 is 0 Å². The monoisotopic (exact) mass is 231 g/mol. The molecule has 94 valence electrons. The molecule has 1 aliphatic rings. The van der Waals surface area contributed by atoms with Gasteiger partial charge in [-0.05, 0) is 35.8 Å². The van der Waals surface area contributed by atoms with Crippen LogP contribution in [-0.4, -0.2) is 6.54 Å². The van der Waals surface area contributed by atoms with Crippen molar-refractivity contribution in [3.63, 3.8) is 0 Å². The lowest BCUT2D eigenvalue weighted by molar-refractivity contribution is 0.144. The highest BCUT2D eigenvalue weighted by Crippen LogP contribution is 2.48. The van der Waals surface area contributed by atoms with Crippen LogP contribution in [0, 0.1) is 5.92 Å². The zero-order chi connectivity index (χ0) is 12.5. The largest absolute Gasteiger partial charge is 0.330 e. The first-order chi connectivity index (χ1) is 8.11. The summed E-state index contributed by atoms with van der Waals surface area (Å²) in [7, 11) is 0. The van der Waals surface area contributed by atoms with Crippen LogP contribution in [0.15, 0.2) is 24.3 Å². The van der Waals surface area contributed by atoms with Crippen molar-refractivity contribution in [2.45, 2.75) is 51.4 Å². The van der Waals surface area contributed by atoms with E-state index in [-0.39, 0.29) is 5.41 Å². The third-order valence-corrected chi connectivity index (χ3v) is 4.52. The van der Waals surface area contributed by atoms with Crippen LogP contribution >= 0.6 is 0 Å². The van der Waals surface area contributed by atoms with Gasteiger partial charge in [0.15, 0.2) is 0 Å². The number of benzene rings is 1. The smallest absolute Gasteiger partial charge is 0.00808 e. The Morgan fingerprint density at radius 1 is 1.24 bits per heavy atom. The van der Waals surface area contributed by atoms with Gasteiger partial charge >= 0.3 is 0 Å². The second-order valence-corrected chi connectivity index (χ2v) is 5.94. The van der Waals surface area contributed by atoms with Crippen molar-refractivity contribution >= 4 is 0 Å². The third-order valence-electron chi connectivity index (χ3n) is 4.52. The number of nitrogens with two attached hydrogens (primary N) is 1. The summed E-state index contributed by atoms with van der Waals surface area (Å²) < 4.78 is 0. The molecule has 1 aromatic carbocycles. The Labute approximate surface area is 105 Å². The summed E-state index contributed by atoms with van der Waals surface area (Å²) in [5.74, 6) is 1.51. The molecule has 2 N–H and O–H groups in total. The van der Waals surface area contributed by atoms with E-state index in [4.69, 9.17) is 5.73 Å². The van der Waals surface area contributed by atoms with E-state index in [0.717, 1.165) is 12.5 Å². The van der Waals surface area contributed by atoms with Gasteiger partial charge in [0, 0.05) is 12.0 Å². The molecule has 0 bridgehead atoms. The van der Waals surface area contributed by atoms with Gasteiger partial charge in [0.2, 0.25) is 0 Å². The highest BCUT2D eigenvalue weighted by molar-refractivity contribution is 5.33. The van der Waals surface area contributed by atoms with Crippen LogP contribution in [-0.2, 0) is 5.41 Å². The lowest BCUT2D eigenvalue weighted by atomic mass is 9.58. The maximum atomic E-state index is 6.02. The van der Waals surface area contributed by atoms with E-state index in [0.29, 0.717) is 5.92 Å². The minimum absolute atomic E-state index is 0.288. The average Bonchev–Trinajstić information content (AvgIpc) is 2.29. The van der Waals surface area contributed by atoms with E-state index in [1.807, 2.05) is 0 Å². The summed E-state index contributed by atoms with van der Waals surface area (Å²) in [4.78, 5) is 0. The Balaban J connectivity index is 2.16.